The summed E-state index contributed by atoms with van der Waals surface area (Å²) in [7, 11) is -1.38. The van der Waals surface area contributed by atoms with E-state index in [1.807, 2.05) is 11.3 Å². The molecule has 2 aliphatic rings. The van der Waals surface area contributed by atoms with Gasteiger partial charge in [-0.1, -0.05) is 0 Å². The first kappa shape index (κ1) is 16.4. The summed E-state index contributed by atoms with van der Waals surface area (Å²) in [5.74, 6) is 1.23. The maximum absolute atomic E-state index is 11.5. The van der Waals surface area contributed by atoms with Gasteiger partial charge in [-0.25, -0.2) is 17.7 Å². The van der Waals surface area contributed by atoms with Crippen molar-refractivity contribution in [1.29, 1.82) is 0 Å². The molecule has 7 heteroatoms. The Labute approximate surface area is 137 Å². The number of piperidine rings is 1. The zero-order valence-electron chi connectivity index (χ0n) is 13.4. The van der Waals surface area contributed by atoms with E-state index in [4.69, 9.17) is 4.98 Å². The highest BCUT2D eigenvalue weighted by atomic mass is 32.2. The third-order valence-electron chi connectivity index (χ3n) is 4.67. The molecule has 5 nitrogen and oxygen atoms in total. The number of hydrogen-bond donors (Lipinski definition) is 0. The third-order valence-corrected chi connectivity index (χ3v) is 7.01. The van der Waals surface area contributed by atoms with Crippen LogP contribution in [0.5, 0.6) is 0 Å². The summed E-state index contributed by atoms with van der Waals surface area (Å²) in [5, 5.41) is 3.52. The SMILES string of the molecule is CN(CC1CCN(Cc2csc(C3CC3)n2)CC1)S(C)(=O)=O. The molecule has 0 unspecified atom stereocenters. The second-order valence-electron chi connectivity index (χ2n) is 6.71. The molecule has 3 rings (SSSR count). The van der Waals surface area contributed by atoms with Gasteiger partial charge in [0.05, 0.1) is 17.0 Å². The summed E-state index contributed by atoms with van der Waals surface area (Å²) in [6, 6.07) is 0. The number of rotatable bonds is 6. The summed E-state index contributed by atoms with van der Waals surface area (Å²) in [4.78, 5) is 7.20. The molecule has 0 spiro atoms. The smallest absolute Gasteiger partial charge is 0.210 e. The average molecular weight is 344 g/mol. The van der Waals surface area contributed by atoms with Crippen LogP contribution in [-0.2, 0) is 16.6 Å². The van der Waals surface area contributed by atoms with Gasteiger partial charge >= 0.3 is 0 Å². The van der Waals surface area contributed by atoms with Gasteiger partial charge in [0.15, 0.2) is 0 Å². The fraction of sp³-hybridized carbons (Fsp3) is 0.800. The number of likely N-dealkylation sites (tertiary alicyclic amines) is 1. The van der Waals surface area contributed by atoms with Crippen molar-refractivity contribution >= 4 is 21.4 Å². The standard InChI is InChI=1S/C15H25N3O2S2/c1-17(22(2,19)20)9-12-5-7-18(8-6-12)10-14-11-21-15(16-14)13-3-4-13/h11-13H,3-10H2,1-2H3. The van der Waals surface area contributed by atoms with E-state index in [9.17, 15) is 8.42 Å². The Hall–Kier alpha value is -0.500. The fourth-order valence-corrected chi connectivity index (χ4v) is 4.43. The molecule has 1 aliphatic heterocycles. The molecular weight excluding hydrogens is 318 g/mol. The van der Waals surface area contributed by atoms with Gasteiger partial charge in [0, 0.05) is 31.4 Å². The van der Waals surface area contributed by atoms with Crippen molar-refractivity contribution in [3.05, 3.63) is 16.1 Å². The van der Waals surface area contributed by atoms with Gasteiger partial charge in [-0.05, 0) is 44.7 Å². The quantitative estimate of drug-likeness (QED) is 0.794. The van der Waals surface area contributed by atoms with Crippen molar-refractivity contribution in [3.8, 4) is 0 Å². The van der Waals surface area contributed by atoms with E-state index < -0.39 is 10.0 Å². The van der Waals surface area contributed by atoms with E-state index in [-0.39, 0.29) is 0 Å². The van der Waals surface area contributed by atoms with Crippen molar-refractivity contribution in [2.24, 2.45) is 5.92 Å². The van der Waals surface area contributed by atoms with Crippen molar-refractivity contribution in [1.82, 2.24) is 14.2 Å². The molecule has 2 fully saturated rings. The Morgan fingerprint density at radius 1 is 1.32 bits per heavy atom. The first-order valence-electron chi connectivity index (χ1n) is 8.00. The molecule has 22 heavy (non-hydrogen) atoms. The second-order valence-corrected chi connectivity index (χ2v) is 9.69. The monoisotopic (exact) mass is 343 g/mol. The van der Waals surface area contributed by atoms with Crippen LogP contribution in [0.25, 0.3) is 0 Å². The van der Waals surface area contributed by atoms with Gasteiger partial charge in [0.1, 0.15) is 0 Å². The van der Waals surface area contributed by atoms with Gasteiger partial charge in [0.25, 0.3) is 0 Å². The van der Waals surface area contributed by atoms with Crippen LogP contribution in [0.4, 0.5) is 0 Å². The summed E-state index contributed by atoms with van der Waals surface area (Å²) < 4.78 is 24.4. The molecule has 0 bridgehead atoms. The minimum Gasteiger partial charge on any atom is -0.297 e. The second kappa shape index (κ2) is 6.55. The maximum Gasteiger partial charge on any atom is 0.210 e. The zero-order chi connectivity index (χ0) is 15.7. The van der Waals surface area contributed by atoms with E-state index >= 15 is 0 Å². The minimum absolute atomic E-state index is 0.480. The van der Waals surface area contributed by atoms with Crippen molar-refractivity contribution in [2.45, 2.75) is 38.1 Å². The lowest BCUT2D eigenvalue weighted by Gasteiger charge is -2.33. The summed E-state index contributed by atoms with van der Waals surface area (Å²) in [6.45, 7) is 3.67. The van der Waals surface area contributed by atoms with E-state index in [0.29, 0.717) is 12.5 Å². The molecular formula is C15H25N3O2S2. The summed E-state index contributed by atoms with van der Waals surface area (Å²) in [6.07, 6.45) is 6.04. The molecule has 1 saturated carbocycles. The first-order chi connectivity index (χ1) is 10.4. The van der Waals surface area contributed by atoms with Crippen molar-refractivity contribution < 1.29 is 8.42 Å². The van der Waals surface area contributed by atoms with Crippen LogP contribution in [0, 0.1) is 5.92 Å². The lowest BCUT2D eigenvalue weighted by Crippen LogP contribution is -2.38. The number of nitrogens with zero attached hydrogens (tertiary/aromatic N) is 3. The molecule has 0 amide bonds. The predicted molar refractivity (Wildman–Crippen MR) is 89.6 cm³/mol. The van der Waals surface area contributed by atoms with Crippen LogP contribution < -0.4 is 0 Å². The topological polar surface area (TPSA) is 53.5 Å². The molecule has 2 heterocycles. The molecule has 0 N–H and O–H groups in total. The Bertz CT molecular complexity index is 602. The van der Waals surface area contributed by atoms with Gasteiger partial charge in [0.2, 0.25) is 10.0 Å². The highest BCUT2D eigenvalue weighted by Gasteiger charge is 2.27. The Kier molecular flexibility index (Phi) is 4.87. The average Bonchev–Trinajstić information content (AvgIpc) is 3.21. The molecule has 1 aromatic heterocycles. The molecule has 1 saturated heterocycles. The third kappa shape index (κ3) is 4.28. The zero-order valence-corrected chi connectivity index (χ0v) is 15.0. The van der Waals surface area contributed by atoms with Gasteiger partial charge in [-0.15, -0.1) is 11.3 Å². The number of thiazole rings is 1. The van der Waals surface area contributed by atoms with Crippen LogP contribution in [0.15, 0.2) is 5.38 Å². The number of hydrogen-bond acceptors (Lipinski definition) is 5. The Balaban J connectivity index is 1.45. The Morgan fingerprint density at radius 2 is 2.00 bits per heavy atom. The number of sulfonamides is 1. The lowest BCUT2D eigenvalue weighted by atomic mass is 9.97. The number of aromatic nitrogens is 1. The molecule has 1 aromatic rings. The lowest BCUT2D eigenvalue weighted by molar-refractivity contribution is 0.165. The molecule has 124 valence electrons. The van der Waals surface area contributed by atoms with Crippen LogP contribution in [-0.4, -0.2) is 55.5 Å². The van der Waals surface area contributed by atoms with Crippen LogP contribution >= 0.6 is 11.3 Å². The first-order valence-corrected chi connectivity index (χ1v) is 10.7. The highest BCUT2D eigenvalue weighted by molar-refractivity contribution is 7.88. The predicted octanol–water partition coefficient (Wildman–Crippen LogP) is 2.12. The summed E-state index contributed by atoms with van der Waals surface area (Å²) in [5.41, 5.74) is 1.21. The van der Waals surface area contributed by atoms with Crippen LogP contribution in [0.3, 0.4) is 0 Å². The largest absolute Gasteiger partial charge is 0.297 e. The molecule has 1 aliphatic carbocycles. The van der Waals surface area contributed by atoms with Crippen LogP contribution in [0.2, 0.25) is 0 Å². The van der Waals surface area contributed by atoms with Gasteiger partial charge < -0.3 is 0 Å². The van der Waals surface area contributed by atoms with Crippen LogP contribution in [0.1, 0.15) is 42.3 Å². The minimum atomic E-state index is -3.05. The molecule has 0 radical (unpaired) electrons. The van der Waals surface area contributed by atoms with Crippen molar-refractivity contribution in [3.63, 3.8) is 0 Å². The van der Waals surface area contributed by atoms with E-state index in [0.717, 1.165) is 38.4 Å². The summed E-state index contributed by atoms with van der Waals surface area (Å²) >= 11 is 1.81. The van der Waals surface area contributed by atoms with Gasteiger partial charge in [-0.2, -0.15) is 0 Å². The molecule has 0 atom stereocenters. The Morgan fingerprint density at radius 3 is 2.59 bits per heavy atom. The fourth-order valence-electron chi connectivity index (χ4n) is 2.97. The van der Waals surface area contributed by atoms with E-state index in [1.54, 1.807) is 7.05 Å². The maximum atomic E-state index is 11.5. The van der Waals surface area contributed by atoms with E-state index in [1.165, 1.54) is 34.1 Å². The van der Waals surface area contributed by atoms with E-state index in [2.05, 4.69) is 10.3 Å². The molecule has 0 aromatic carbocycles. The van der Waals surface area contributed by atoms with Crippen molar-refractivity contribution in [2.75, 3.05) is 32.9 Å². The normalized spacial score (nSPS) is 21.6. The highest BCUT2D eigenvalue weighted by Crippen LogP contribution is 2.41. The van der Waals surface area contributed by atoms with Gasteiger partial charge in [-0.3, -0.25) is 4.90 Å².